The van der Waals surface area contributed by atoms with Gasteiger partial charge in [0.1, 0.15) is 11.8 Å². The van der Waals surface area contributed by atoms with Crippen molar-refractivity contribution in [2.75, 3.05) is 34.0 Å². The average Bonchev–Trinajstić information content (AvgIpc) is 3.12. The highest BCUT2D eigenvalue weighted by atomic mass is 127. The van der Waals surface area contributed by atoms with Gasteiger partial charge in [0, 0.05) is 24.0 Å². The van der Waals surface area contributed by atoms with Gasteiger partial charge in [-0.15, -0.1) is 0 Å². The largest absolute Gasteiger partial charge is 1.00 e. The number of hydrogen-bond donors (Lipinski definition) is 0. The van der Waals surface area contributed by atoms with Crippen LogP contribution in [0.15, 0.2) is 24.3 Å². The van der Waals surface area contributed by atoms with Gasteiger partial charge < -0.3 is 42.7 Å². The molecule has 2 heterocycles. The third kappa shape index (κ3) is 2.36. The van der Waals surface area contributed by atoms with Crippen LogP contribution in [0.2, 0.25) is 0 Å². The highest BCUT2D eigenvalue weighted by Crippen LogP contribution is 2.55. The van der Waals surface area contributed by atoms with Crippen LogP contribution in [0.4, 0.5) is 0 Å². The molecule has 0 saturated carbocycles. The van der Waals surface area contributed by atoms with Gasteiger partial charge in [0.25, 0.3) is 0 Å². The molecule has 0 bridgehead atoms. The predicted octanol–water partition coefficient (Wildman–Crippen LogP) is 0.715. The van der Waals surface area contributed by atoms with Gasteiger partial charge in [-0.1, -0.05) is 6.07 Å². The summed E-state index contributed by atoms with van der Waals surface area (Å²) >= 11 is 0. The normalized spacial score (nSPS) is 24.3. The summed E-state index contributed by atoms with van der Waals surface area (Å²) in [5, 5.41) is 0. The molecule has 0 radical (unpaired) electrons. The molecule has 1 aliphatic carbocycles. The summed E-state index contributed by atoms with van der Waals surface area (Å²) in [6.45, 7) is 4.94. The Balaban J connectivity index is 0.00000168. The Hall–Kier alpha value is -1.47. The Morgan fingerprint density at radius 3 is 2.81 bits per heavy atom. The first-order valence-electron chi connectivity index (χ1n) is 9.11. The third-order valence-corrected chi connectivity index (χ3v) is 6.49. The SMILES string of the molecule is CC[N+]1(C)CCc2cc3c(c4c2C1Cc1ccc(OC)cc1-4)OCO3.[I-]. The highest BCUT2D eigenvalue weighted by Gasteiger charge is 2.45. The lowest BCUT2D eigenvalue weighted by Crippen LogP contribution is -3.00. The van der Waals surface area contributed by atoms with Gasteiger partial charge in [0.05, 0.1) is 27.2 Å². The standard InChI is InChI=1S/C21H24NO3.HI/c1-4-22(2)8-7-14-10-18-21(25-12-24-18)20-16-11-15(23-3)6-5-13(16)9-17(22)19(14)20;/h5-6,10-11,17H,4,7-9,12H2,1-3H3;1H/q+1;/p-1. The zero-order valence-corrected chi connectivity index (χ0v) is 17.6. The van der Waals surface area contributed by atoms with E-state index in [-0.39, 0.29) is 24.0 Å². The number of halogens is 1. The molecule has 26 heavy (non-hydrogen) atoms. The lowest BCUT2D eigenvalue weighted by atomic mass is 9.75. The first kappa shape index (κ1) is 17.9. The topological polar surface area (TPSA) is 27.7 Å². The number of methoxy groups -OCH3 is 1. The van der Waals surface area contributed by atoms with Crippen molar-refractivity contribution in [2.24, 2.45) is 0 Å². The van der Waals surface area contributed by atoms with E-state index in [1.807, 2.05) is 0 Å². The van der Waals surface area contributed by atoms with E-state index in [0.29, 0.717) is 12.8 Å². The van der Waals surface area contributed by atoms with Crippen molar-refractivity contribution in [1.82, 2.24) is 0 Å². The van der Waals surface area contributed by atoms with E-state index in [1.54, 1.807) is 7.11 Å². The summed E-state index contributed by atoms with van der Waals surface area (Å²) in [5.74, 6) is 2.71. The summed E-state index contributed by atoms with van der Waals surface area (Å²) in [7, 11) is 4.12. The molecule has 138 valence electrons. The molecule has 0 amide bonds. The number of ether oxygens (including phenoxy) is 3. The van der Waals surface area contributed by atoms with Crippen LogP contribution in [0, 0.1) is 0 Å². The molecule has 5 rings (SSSR count). The molecule has 2 unspecified atom stereocenters. The molecule has 5 heteroatoms. The van der Waals surface area contributed by atoms with E-state index in [0.717, 1.165) is 41.1 Å². The van der Waals surface area contributed by atoms with Gasteiger partial charge in [-0.3, -0.25) is 0 Å². The summed E-state index contributed by atoms with van der Waals surface area (Å²) < 4.78 is 18.3. The van der Waals surface area contributed by atoms with Crippen LogP contribution in [0.25, 0.3) is 11.1 Å². The maximum atomic E-state index is 5.93. The minimum absolute atomic E-state index is 0. The minimum atomic E-state index is 0. The number of fused-ring (bicyclic) bond motifs is 4. The highest BCUT2D eigenvalue weighted by molar-refractivity contribution is 5.84. The molecular weight excluding hydrogens is 441 g/mol. The Bertz CT molecular complexity index is 882. The van der Waals surface area contributed by atoms with Crippen LogP contribution in [-0.2, 0) is 12.8 Å². The second kappa shape index (κ2) is 6.30. The molecule has 0 spiro atoms. The molecule has 4 nitrogen and oxygen atoms in total. The summed E-state index contributed by atoms with van der Waals surface area (Å²) in [6, 6.07) is 9.16. The fourth-order valence-corrected chi connectivity index (χ4v) is 4.81. The van der Waals surface area contributed by atoms with Crippen LogP contribution in [-0.4, -0.2) is 38.5 Å². The van der Waals surface area contributed by atoms with E-state index < -0.39 is 0 Å². The van der Waals surface area contributed by atoms with Crippen molar-refractivity contribution in [3.63, 3.8) is 0 Å². The molecular formula is C21H24INO3. The van der Waals surface area contributed by atoms with Crippen LogP contribution in [0.5, 0.6) is 17.2 Å². The van der Waals surface area contributed by atoms with Gasteiger partial charge >= 0.3 is 0 Å². The van der Waals surface area contributed by atoms with E-state index in [1.165, 1.54) is 34.4 Å². The van der Waals surface area contributed by atoms with Crippen molar-refractivity contribution in [2.45, 2.75) is 25.8 Å². The quantitative estimate of drug-likeness (QED) is 0.484. The molecule has 0 fully saturated rings. The van der Waals surface area contributed by atoms with Crippen molar-refractivity contribution in [3.05, 3.63) is 41.0 Å². The van der Waals surface area contributed by atoms with E-state index in [2.05, 4.69) is 38.2 Å². The maximum absolute atomic E-state index is 5.93. The van der Waals surface area contributed by atoms with Crippen LogP contribution in [0.3, 0.4) is 0 Å². The van der Waals surface area contributed by atoms with E-state index >= 15 is 0 Å². The Morgan fingerprint density at radius 1 is 1.19 bits per heavy atom. The predicted molar refractivity (Wildman–Crippen MR) is 96.3 cm³/mol. The number of likely N-dealkylation sites (N-methyl/N-ethyl adjacent to an activating group) is 1. The fourth-order valence-electron chi connectivity index (χ4n) is 4.81. The average molecular weight is 465 g/mol. The van der Waals surface area contributed by atoms with Crippen LogP contribution >= 0.6 is 0 Å². The van der Waals surface area contributed by atoms with Gasteiger partial charge in [-0.25, -0.2) is 0 Å². The number of nitrogens with zero attached hydrogens (tertiary/aromatic N) is 1. The first-order valence-corrected chi connectivity index (χ1v) is 9.11. The lowest BCUT2D eigenvalue weighted by Gasteiger charge is -2.47. The number of hydrogen-bond acceptors (Lipinski definition) is 3. The third-order valence-electron chi connectivity index (χ3n) is 6.49. The molecule has 0 N–H and O–H groups in total. The van der Waals surface area contributed by atoms with E-state index in [4.69, 9.17) is 14.2 Å². The molecule has 3 aliphatic rings. The Kier molecular flexibility index (Phi) is 4.34. The van der Waals surface area contributed by atoms with Gasteiger partial charge in [-0.2, -0.15) is 0 Å². The molecule has 2 aliphatic heterocycles. The zero-order valence-electron chi connectivity index (χ0n) is 15.5. The van der Waals surface area contributed by atoms with Crippen LogP contribution < -0.4 is 38.2 Å². The lowest BCUT2D eigenvalue weighted by molar-refractivity contribution is -0.939. The van der Waals surface area contributed by atoms with Gasteiger partial charge in [0.15, 0.2) is 11.5 Å². The first-order chi connectivity index (χ1) is 12.1. The summed E-state index contributed by atoms with van der Waals surface area (Å²) in [6.07, 6.45) is 2.17. The number of benzene rings is 2. The van der Waals surface area contributed by atoms with E-state index in [9.17, 15) is 0 Å². The second-order valence-corrected chi connectivity index (χ2v) is 7.57. The molecule has 2 atom stereocenters. The zero-order chi connectivity index (χ0) is 17.2. The van der Waals surface area contributed by atoms with Gasteiger partial charge in [-0.05, 0) is 41.8 Å². The minimum Gasteiger partial charge on any atom is -1.00 e. The summed E-state index contributed by atoms with van der Waals surface area (Å²) in [4.78, 5) is 0. The molecule has 2 aromatic carbocycles. The van der Waals surface area contributed by atoms with Crippen molar-refractivity contribution >= 4 is 0 Å². The second-order valence-electron chi connectivity index (χ2n) is 7.57. The molecule has 0 aromatic heterocycles. The molecule has 0 saturated heterocycles. The number of rotatable bonds is 2. The monoisotopic (exact) mass is 465 g/mol. The maximum Gasteiger partial charge on any atom is 0.231 e. The molecule has 2 aromatic rings. The fraction of sp³-hybridized carbons (Fsp3) is 0.429. The van der Waals surface area contributed by atoms with Crippen LogP contribution in [0.1, 0.15) is 29.7 Å². The summed E-state index contributed by atoms with van der Waals surface area (Å²) in [5.41, 5.74) is 6.78. The number of quaternary nitrogens is 1. The van der Waals surface area contributed by atoms with Gasteiger partial charge in [0.2, 0.25) is 6.79 Å². The van der Waals surface area contributed by atoms with Crippen molar-refractivity contribution in [3.8, 4) is 28.4 Å². The Morgan fingerprint density at radius 2 is 2.04 bits per heavy atom. The van der Waals surface area contributed by atoms with Crippen molar-refractivity contribution < 1.29 is 42.7 Å². The van der Waals surface area contributed by atoms with Crippen molar-refractivity contribution in [1.29, 1.82) is 0 Å². The Labute approximate surface area is 171 Å². The smallest absolute Gasteiger partial charge is 0.231 e.